The van der Waals surface area contributed by atoms with E-state index in [0.717, 1.165) is 38.8 Å². The summed E-state index contributed by atoms with van der Waals surface area (Å²) in [6.07, 6.45) is 4.99. The first-order chi connectivity index (χ1) is 15.6. The fourth-order valence-electron chi connectivity index (χ4n) is 3.80. The predicted molar refractivity (Wildman–Crippen MR) is 128 cm³/mol. The second-order valence-electron chi connectivity index (χ2n) is 7.31. The van der Waals surface area contributed by atoms with E-state index in [9.17, 15) is 4.79 Å². The van der Waals surface area contributed by atoms with E-state index >= 15 is 0 Å². The van der Waals surface area contributed by atoms with Gasteiger partial charge in [-0.3, -0.25) is 4.98 Å². The Morgan fingerprint density at radius 3 is 2.88 bits per heavy atom. The van der Waals surface area contributed by atoms with Crippen LogP contribution in [-0.2, 0) is 11.3 Å². The number of ether oxygens (including phenoxy) is 2. The molecule has 4 rings (SSSR count). The maximum absolute atomic E-state index is 12.1. The van der Waals surface area contributed by atoms with Crippen molar-refractivity contribution in [2.75, 3.05) is 20.3 Å². The standard InChI is InChI=1S/C25H24ClN3O3/c1-17-24-22(10-11-27-17)21-9-8-20(31-2)16-23(21)29(24)13-12-28-25(30)32-14-4-6-18-5-3-7-19(26)15-18/h3-11,15-16H,12-14H2,1-2H3,(H,28,30)/b6-4+. The van der Waals surface area contributed by atoms with Crippen LogP contribution < -0.4 is 10.1 Å². The molecule has 0 saturated heterocycles. The number of nitrogens with one attached hydrogen (secondary N) is 1. The SMILES string of the molecule is COc1ccc2c3ccnc(C)c3n(CCNC(=O)OC/C=C/c3cccc(Cl)c3)c2c1. The molecule has 0 radical (unpaired) electrons. The smallest absolute Gasteiger partial charge is 0.407 e. The minimum absolute atomic E-state index is 0.175. The van der Waals surface area contributed by atoms with Crippen LogP contribution in [0.15, 0.2) is 60.8 Å². The third-order valence-electron chi connectivity index (χ3n) is 5.24. The van der Waals surface area contributed by atoms with Crippen LogP contribution in [0.4, 0.5) is 4.79 Å². The summed E-state index contributed by atoms with van der Waals surface area (Å²) in [5, 5.41) is 5.74. The Morgan fingerprint density at radius 1 is 1.19 bits per heavy atom. The van der Waals surface area contributed by atoms with Crippen molar-refractivity contribution in [1.82, 2.24) is 14.9 Å². The minimum Gasteiger partial charge on any atom is -0.497 e. The molecule has 0 atom stereocenters. The van der Waals surface area contributed by atoms with E-state index in [0.29, 0.717) is 18.1 Å². The quantitative estimate of drug-likeness (QED) is 0.399. The number of halogens is 1. The maximum atomic E-state index is 12.1. The third-order valence-corrected chi connectivity index (χ3v) is 5.47. The lowest BCUT2D eigenvalue weighted by Gasteiger charge is -2.10. The molecule has 0 aliphatic carbocycles. The fourth-order valence-corrected chi connectivity index (χ4v) is 4.00. The number of hydrogen-bond acceptors (Lipinski definition) is 4. The van der Waals surface area contributed by atoms with Crippen LogP contribution in [-0.4, -0.2) is 35.9 Å². The van der Waals surface area contributed by atoms with Crippen LogP contribution >= 0.6 is 11.6 Å². The highest BCUT2D eigenvalue weighted by atomic mass is 35.5. The number of fused-ring (bicyclic) bond motifs is 3. The van der Waals surface area contributed by atoms with Crippen molar-refractivity contribution < 1.29 is 14.3 Å². The largest absolute Gasteiger partial charge is 0.497 e. The van der Waals surface area contributed by atoms with Crippen molar-refractivity contribution in [3.63, 3.8) is 0 Å². The second-order valence-corrected chi connectivity index (χ2v) is 7.75. The molecule has 0 spiro atoms. The van der Waals surface area contributed by atoms with Gasteiger partial charge in [-0.25, -0.2) is 4.79 Å². The van der Waals surface area contributed by atoms with Crippen molar-refractivity contribution in [2.45, 2.75) is 13.5 Å². The molecule has 2 heterocycles. The van der Waals surface area contributed by atoms with Crippen LogP contribution in [0.1, 0.15) is 11.3 Å². The summed E-state index contributed by atoms with van der Waals surface area (Å²) in [6.45, 7) is 3.16. The van der Waals surface area contributed by atoms with Gasteiger partial charge in [0.25, 0.3) is 0 Å². The molecule has 0 saturated carbocycles. The molecule has 1 amide bonds. The fraction of sp³-hybridized carbons (Fsp3) is 0.200. The van der Waals surface area contributed by atoms with Gasteiger partial charge in [0.2, 0.25) is 0 Å². The predicted octanol–water partition coefficient (Wildman–Crippen LogP) is 5.60. The van der Waals surface area contributed by atoms with E-state index in [-0.39, 0.29) is 6.61 Å². The monoisotopic (exact) mass is 449 g/mol. The van der Waals surface area contributed by atoms with Crippen LogP contribution in [0.25, 0.3) is 27.9 Å². The number of aromatic nitrogens is 2. The second kappa shape index (κ2) is 9.75. The molecule has 2 aromatic carbocycles. The van der Waals surface area contributed by atoms with E-state index in [1.54, 1.807) is 13.2 Å². The Morgan fingerprint density at radius 2 is 2.06 bits per heavy atom. The van der Waals surface area contributed by atoms with Gasteiger partial charge in [-0.05, 0) is 48.9 Å². The molecular weight excluding hydrogens is 426 g/mol. The number of carbonyl (C=O) groups is 1. The van der Waals surface area contributed by atoms with Crippen molar-refractivity contribution >= 4 is 45.6 Å². The highest BCUT2D eigenvalue weighted by Crippen LogP contribution is 2.32. The number of benzene rings is 2. The Kier molecular flexibility index (Phi) is 6.61. The highest BCUT2D eigenvalue weighted by Gasteiger charge is 2.14. The van der Waals surface area contributed by atoms with E-state index in [1.807, 2.05) is 61.7 Å². The first kappa shape index (κ1) is 21.7. The lowest BCUT2D eigenvalue weighted by Crippen LogP contribution is -2.28. The highest BCUT2D eigenvalue weighted by molar-refractivity contribution is 6.30. The normalized spacial score (nSPS) is 11.3. The van der Waals surface area contributed by atoms with Crippen LogP contribution in [0, 0.1) is 6.92 Å². The summed E-state index contributed by atoms with van der Waals surface area (Å²) in [6, 6.07) is 15.5. The average Bonchev–Trinajstić information content (AvgIpc) is 3.11. The third kappa shape index (κ3) is 4.70. The zero-order valence-electron chi connectivity index (χ0n) is 18.0. The number of amides is 1. The summed E-state index contributed by atoms with van der Waals surface area (Å²) < 4.78 is 12.8. The summed E-state index contributed by atoms with van der Waals surface area (Å²) in [5.74, 6) is 0.783. The van der Waals surface area contributed by atoms with Crippen molar-refractivity contribution in [1.29, 1.82) is 0 Å². The molecule has 0 aliphatic rings. The molecule has 4 aromatic rings. The molecular formula is C25H24ClN3O3. The Bertz CT molecular complexity index is 1300. The van der Waals surface area contributed by atoms with E-state index in [4.69, 9.17) is 21.1 Å². The number of pyridine rings is 1. The molecule has 7 heteroatoms. The van der Waals surface area contributed by atoms with Gasteiger partial charge in [0.15, 0.2) is 0 Å². The van der Waals surface area contributed by atoms with Gasteiger partial charge in [0, 0.05) is 41.1 Å². The van der Waals surface area contributed by atoms with Gasteiger partial charge in [0.1, 0.15) is 12.4 Å². The van der Waals surface area contributed by atoms with Crippen LogP contribution in [0.3, 0.4) is 0 Å². The number of hydrogen-bond donors (Lipinski definition) is 1. The number of alkyl carbamates (subject to hydrolysis) is 1. The van der Waals surface area contributed by atoms with E-state index in [1.165, 1.54) is 0 Å². The van der Waals surface area contributed by atoms with Gasteiger partial charge in [-0.2, -0.15) is 0 Å². The summed E-state index contributed by atoms with van der Waals surface area (Å²) in [7, 11) is 1.65. The summed E-state index contributed by atoms with van der Waals surface area (Å²) in [5.41, 5.74) is 3.98. The Hall–Kier alpha value is -3.51. The number of carbonyl (C=O) groups excluding carboxylic acids is 1. The minimum atomic E-state index is -0.464. The molecule has 6 nitrogen and oxygen atoms in total. The maximum Gasteiger partial charge on any atom is 0.407 e. The number of nitrogens with zero attached hydrogens (tertiary/aromatic N) is 2. The van der Waals surface area contributed by atoms with Gasteiger partial charge in [-0.15, -0.1) is 0 Å². The van der Waals surface area contributed by atoms with E-state index < -0.39 is 6.09 Å². The first-order valence-corrected chi connectivity index (χ1v) is 10.7. The van der Waals surface area contributed by atoms with Gasteiger partial charge in [-0.1, -0.05) is 29.8 Å². The van der Waals surface area contributed by atoms with Gasteiger partial charge >= 0.3 is 6.09 Å². The van der Waals surface area contributed by atoms with E-state index in [2.05, 4.69) is 20.9 Å². The Labute approximate surface area is 191 Å². The van der Waals surface area contributed by atoms with Gasteiger partial charge in [0.05, 0.1) is 23.8 Å². The van der Waals surface area contributed by atoms with Gasteiger partial charge < -0.3 is 19.4 Å². The average molecular weight is 450 g/mol. The molecule has 164 valence electrons. The molecule has 0 unspecified atom stereocenters. The van der Waals surface area contributed by atoms with Crippen molar-refractivity contribution in [3.8, 4) is 5.75 Å². The molecule has 32 heavy (non-hydrogen) atoms. The molecule has 0 fully saturated rings. The van der Waals surface area contributed by atoms with Crippen molar-refractivity contribution in [2.24, 2.45) is 0 Å². The molecule has 0 bridgehead atoms. The Balaban J connectivity index is 1.41. The van der Waals surface area contributed by atoms with Crippen LogP contribution in [0.5, 0.6) is 5.75 Å². The number of rotatable bonds is 7. The molecule has 2 aromatic heterocycles. The van der Waals surface area contributed by atoms with Crippen molar-refractivity contribution in [3.05, 3.63) is 77.1 Å². The molecule has 0 aliphatic heterocycles. The zero-order chi connectivity index (χ0) is 22.5. The summed E-state index contributed by atoms with van der Waals surface area (Å²) >= 11 is 5.96. The number of aryl methyl sites for hydroxylation is 1. The first-order valence-electron chi connectivity index (χ1n) is 10.3. The lowest BCUT2D eigenvalue weighted by molar-refractivity contribution is 0.158. The number of methoxy groups -OCH3 is 1. The summed E-state index contributed by atoms with van der Waals surface area (Å²) in [4.78, 5) is 16.6. The molecule has 1 N–H and O–H groups in total. The van der Waals surface area contributed by atoms with Crippen LogP contribution in [0.2, 0.25) is 5.02 Å². The topological polar surface area (TPSA) is 65.4 Å². The lowest BCUT2D eigenvalue weighted by atomic mass is 10.1. The zero-order valence-corrected chi connectivity index (χ0v) is 18.7.